The number of carbonyl (C=O) groups is 1. The first-order valence-electron chi connectivity index (χ1n) is 8.42. The van der Waals surface area contributed by atoms with Crippen LogP contribution in [0.3, 0.4) is 0 Å². The third-order valence-corrected chi connectivity index (χ3v) is 4.88. The molecule has 3 rings (SSSR count). The topological polar surface area (TPSA) is 50.8 Å². The quantitative estimate of drug-likeness (QED) is 0.927. The molecule has 0 aromatic heterocycles. The average Bonchev–Trinajstić information content (AvgIpc) is 2.99. The predicted octanol–water partition coefficient (Wildman–Crippen LogP) is 2.54. The summed E-state index contributed by atoms with van der Waals surface area (Å²) in [7, 11) is 0. The van der Waals surface area contributed by atoms with E-state index in [2.05, 4.69) is 19.2 Å². The van der Waals surface area contributed by atoms with Crippen molar-refractivity contribution in [2.45, 2.75) is 46.2 Å². The van der Waals surface area contributed by atoms with Crippen molar-refractivity contribution in [3.05, 3.63) is 23.8 Å². The molecule has 0 bridgehead atoms. The largest absolute Gasteiger partial charge is 0.454 e. The number of hydrogen-bond donors (Lipinski definition) is 1. The Balaban J connectivity index is 1.73. The van der Waals surface area contributed by atoms with Crippen LogP contribution in [0.2, 0.25) is 0 Å². The zero-order valence-electron chi connectivity index (χ0n) is 14.2. The summed E-state index contributed by atoms with van der Waals surface area (Å²) >= 11 is 0. The van der Waals surface area contributed by atoms with Crippen molar-refractivity contribution in [3.8, 4) is 11.5 Å². The smallest absolute Gasteiger partial charge is 0.240 e. The third kappa shape index (κ3) is 3.29. The minimum absolute atomic E-state index is 0.00234. The fraction of sp³-hybridized carbons (Fsp3) is 0.611. The van der Waals surface area contributed by atoms with Crippen molar-refractivity contribution in [3.63, 3.8) is 0 Å². The van der Waals surface area contributed by atoms with Crippen molar-refractivity contribution in [2.24, 2.45) is 5.41 Å². The number of nitrogens with one attached hydrogen (secondary N) is 1. The van der Waals surface area contributed by atoms with E-state index in [1.807, 2.05) is 30.0 Å². The highest BCUT2D eigenvalue weighted by atomic mass is 16.7. The van der Waals surface area contributed by atoms with Crippen LogP contribution in [0.4, 0.5) is 0 Å². The molecule has 2 heterocycles. The normalized spacial score (nSPS) is 22.0. The molecule has 0 saturated carbocycles. The molecule has 5 heteroatoms. The molecule has 5 nitrogen and oxygen atoms in total. The first-order chi connectivity index (χ1) is 11.0. The van der Waals surface area contributed by atoms with Gasteiger partial charge in [-0.15, -0.1) is 0 Å². The van der Waals surface area contributed by atoms with Gasteiger partial charge in [-0.1, -0.05) is 19.9 Å². The number of hydrogen-bond acceptors (Lipinski definition) is 4. The van der Waals surface area contributed by atoms with Gasteiger partial charge in [0.05, 0.1) is 6.04 Å². The molecule has 126 valence electrons. The second-order valence-electron chi connectivity index (χ2n) is 7.02. The summed E-state index contributed by atoms with van der Waals surface area (Å²) < 4.78 is 10.8. The molecule has 1 amide bonds. The Kier molecular flexibility index (Phi) is 4.48. The lowest BCUT2D eigenvalue weighted by atomic mass is 9.77. The Morgan fingerprint density at radius 3 is 2.87 bits per heavy atom. The predicted molar refractivity (Wildman–Crippen MR) is 88.5 cm³/mol. The van der Waals surface area contributed by atoms with Gasteiger partial charge in [-0.05, 0) is 49.4 Å². The van der Waals surface area contributed by atoms with Gasteiger partial charge in [-0.25, -0.2) is 0 Å². The van der Waals surface area contributed by atoms with Crippen LogP contribution in [0.5, 0.6) is 11.5 Å². The third-order valence-electron chi connectivity index (χ3n) is 4.88. The number of amides is 1. The molecule has 2 aliphatic heterocycles. The molecule has 23 heavy (non-hydrogen) atoms. The maximum Gasteiger partial charge on any atom is 0.240 e. The average molecular weight is 318 g/mol. The number of fused-ring (bicyclic) bond motifs is 1. The standard InChI is InChI=1S/C18H26N2O3/c1-4-20(17(21)16-18(2,3)8-5-9-19-16)11-13-6-7-14-15(10-13)23-12-22-14/h6-7,10,16,19H,4-5,8-9,11-12H2,1-3H3. The van der Waals surface area contributed by atoms with Gasteiger partial charge >= 0.3 is 0 Å². The van der Waals surface area contributed by atoms with Gasteiger partial charge in [0.1, 0.15) is 0 Å². The van der Waals surface area contributed by atoms with E-state index in [9.17, 15) is 4.79 Å². The molecule has 1 atom stereocenters. The lowest BCUT2D eigenvalue weighted by Gasteiger charge is -2.40. The highest BCUT2D eigenvalue weighted by molar-refractivity contribution is 5.83. The Morgan fingerprint density at radius 1 is 1.35 bits per heavy atom. The van der Waals surface area contributed by atoms with Crippen LogP contribution < -0.4 is 14.8 Å². The van der Waals surface area contributed by atoms with E-state index in [1.165, 1.54) is 0 Å². The van der Waals surface area contributed by atoms with Gasteiger partial charge < -0.3 is 19.7 Å². The monoisotopic (exact) mass is 318 g/mol. The molecule has 1 aromatic carbocycles. The molecule has 2 aliphatic rings. The highest BCUT2D eigenvalue weighted by Crippen LogP contribution is 2.34. The molecule has 1 aromatic rings. The fourth-order valence-corrected chi connectivity index (χ4v) is 3.42. The first kappa shape index (κ1) is 16.1. The lowest BCUT2D eigenvalue weighted by molar-refractivity contribution is -0.137. The molecule has 1 saturated heterocycles. The van der Waals surface area contributed by atoms with Gasteiger partial charge in [0.2, 0.25) is 12.7 Å². The van der Waals surface area contributed by atoms with Crippen LogP contribution in [0.25, 0.3) is 0 Å². The van der Waals surface area contributed by atoms with Crippen LogP contribution in [0.1, 0.15) is 39.2 Å². The lowest BCUT2D eigenvalue weighted by Crippen LogP contribution is -2.56. The second kappa shape index (κ2) is 6.40. The first-order valence-corrected chi connectivity index (χ1v) is 8.42. The molecular weight excluding hydrogens is 292 g/mol. The number of ether oxygens (including phenoxy) is 2. The minimum Gasteiger partial charge on any atom is -0.454 e. The van der Waals surface area contributed by atoms with Crippen molar-refractivity contribution >= 4 is 5.91 Å². The number of rotatable bonds is 4. The van der Waals surface area contributed by atoms with E-state index < -0.39 is 0 Å². The van der Waals surface area contributed by atoms with Crippen LogP contribution in [-0.2, 0) is 11.3 Å². The zero-order valence-corrected chi connectivity index (χ0v) is 14.2. The summed E-state index contributed by atoms with van der Waals surface area (Å²) in [5, 5.41) is 3.42. The van der Waals surface area contributed by atoms with E-state index in [1.54, 1.807) is 0 Å². The fourth-order valence-electron chi connectivity index (χ4n) is 3.42. The summed E-state index contributed by atoms with van der Waals surface area (Å²) in [4.78, 5) is 14.9. The Hall–Kier alpha value is -1.75. The van der Waals surface area contributed by atoms with Crippen LogP contribution in [0, 0.1) is 5.41 Å². The summed E-state index contributed by atoms with van der Waals surface area (Å²) in [5.74, 6) is 1.73. The SMILES string of the molecule is CCN(Cc1ccc2c(c1)OCO2)C(=O)C1NCCCC1(C)C. The Morgan fingerprint density at radius 2 is 2.13 bits per heavy atom. The number of likely N-dealkylation sites (N-methyl/N-ethyl adjacent to an activating group) is 1. The van der Waals surface area contributed by atoms with Crippen molar-refractivity contribution in [1.82, 2.24) is 10.2 Å². The van der Waals surface area contributed by atoms with Gasteiger partial charge in [0, 0.05) is 13.1 Å². The molecule has 0 radical (unpaired) electrons. The van der Waals surface area contributed by atoms with Crippen LogP contribution >= 0.6 is 0 Å². The maximum absolute atomic E-state index is 13.0. The van der Waals surface area contributed by atoms with E-state index in [4.69, 9.17) is 9.47 Å². The van der Waals surface area contributed by atoms with Crippen molar-refractivity contribution in [2.75, 3.05) is 19.9 Å². The molecular formula is C18H26N2O3. The molecule has 0 spiro atoms. The number of piperidine rings is 1. The van der Waals surface area contributed by atoms with Crippen LogP contribution in [-0.4, -0.2) is 36.7 Å². The molecule has 0 aliphatic carbocycles. The highest BCUT2D eigenvalue weighted by Gasteiger charge is 2.38. The minimum atomic E-state index is -0.106. The summed E-state index contributed by atoms with van der Waals surface area (Å²) in [5.41, 5.74) is 1.07. The maximum atomic E-state index is 13.0. The summed E-state index contributed by atoms with van der Waals surface area (Å²) in [6.07, 6.45) is 2.21. The summed E-state index contributed by atoms with van der Waals surface area (Å²) in [6, 6.07) is 5.78. The van der Waals surface area contributed by atoms with Crippen molar-refractivity contribution < 1.29 is 14.3 Å². The van der Waals surface area contributed by atoms with E-state index in [0.717, 1.165) is 36.4 Å². The zero-order chi connectivity index (χ0) is 16.4. The molecule has 1 unspecified atom stereocenters. The van der Waals surface area contributed by atoms with Gasteiger partial charge in [0.15, 0.2) is 11.5 Å². The Bertz CT molecular complexity index is 586. The molecule has 1 fully saturated rings. The van der Waals surface area contributed by atoms with Gasteiger partial charge in [-0.2, -0.15) is 0 Å². The van der Waals surface area contributed by atoms with E-state index >= 15 is 0 Å². The Labute approximate surface area is 137 Å². The van der Waals surface area contributed by atoms with Gasteiger partial charge in [-0.3, -0.25) is 4.79 Å². The van der Waals surface area contributed by atoms with Gasteiger partial charge in [0.25, 0.3) is 0 Å². The number of nitrogens with zero attached hydrogens (tertiary/aromatic N) is 1. The van der Waals surface area contributed by atoms with Crippen molar-refractivity contribution in [1.29, 1.82) is 0 Å². The van der Waals surface area contributed by atoms with Crippen LogP contribution in [0.15, 0.2) is 18.2 Å². The summed E-state index contributed by atoms with van der Waals surface area (Å²) in [6.45, 7) is 8.87. The van der Waals surface area contributed by atoms with E-state index in [0.29, 0.717) is 13.1 Å². The van der Waals surface area contributed by atoms with E-state index in [-0.39, 0.29) is 24.2 Å². The second-order valence-corrected chi connectivity index (χ2v) is 7.02. The number of benzene rings is 1. The molecule has 1 N–H and O–H groups in total. The number of carbonyl (C=O) groups excluding carboxylic acids is 1.